The van der Waals surface area contributed by atoms with Crippen LogP contribution in [0.1, 0.15) is 23.7 Å². The van der Waals surface area contributed by atoms with Gasteiger partial charge in [-0.05, 0) is 40.5 Å². The number of carboxylic acids is 1. The quantitative estimate of drug-likeness (QED) is 0.800. The molecule has 0 bridgehead atoms. The van der Waals surface area contributed by atoms with Crippen LogP contribution < -0.4 is 10.6 Å². The van der Waals surface area contributed by atoms with Gasteiger partial charge in [0, 0.05) is 11.0 Å². The van der Waals surface area contributed by atoms with Crippen molar-refractivity contribution >= 4 is 33.6 Å². The Labute approximate surface area is 107 Å². The van der Waals surface area contributed by atoms with E-state index in [1.807, 2.05) is 6.92 Å². The number of aromatic carboxylic acids is 1. The van der Waals surface area contributed by atoms with E-state index in [0.717, 1.165) is 6.42 Å². The third-order valence-electron chi connectivity index (χ3n) is 2.00. The highest BCUT2D eigenvalue weighted by Gasteiger charge is 2.08. The van der Waals surface area contributed by atoms with E-state index in [9.17, 15) is 9.59 Å². The summed E-state index contributed by atoms with van der Waals surface area (Å²) < 4.78 is 0.532. The molecule has 0 heterocycles. The zero-order valence-electron chi connectivity index (χ0n) is 9.29. The van der Waals surface area contributed by atoms with Gasteiger partial charge in [0.25, 0.3) is 0 Å². The average molecular weight is 301 g/mol. The van der Waals surface area contributed by atoms with Crippen LogP contribution in [0.3, 0.4) is 0 Å². The second-order valence-corrected chi connectivity index (χ2v) is 4.24. The van der Waals surface area contributed by atoms with E-state index in [4.69, 9.17) is 5.11 Å². The van der Waals surface area contributed by atoms with Gasteiger partial charge in [0.1, 0.15) is 0 Å². The van der Waals surface area contributed by atoms with E-state index < -0.39 is 5.97 Å². The molecule has 17 heavy (non-hydrogen) atoms. The first-order chi connectivity index (χ1) is 8.04. The first-order valence-electron chi connectivity index (χ1n) is 5.12. The Hall–Kier alpha value is -1.56. The van der Waals surface area contributed by atoms with Gasteiger partial charge in [-0.1, -0.05) is 6.92 Å². The van der Waals surface area contributed by atoms with Crippen LogP contribution in [-0.2, 0) is 0 Å². The number of nitrogens with one attached hydrogen (secondary N) is 2. The molecule has 1 rings (SSSR count). The Morgan fingerprint density at radius 2 is 2.12 bits per heavy atom. The van der Waals surface area contributed by atoms with Gasteiger partial charge in [-0.25, -0.2) is 9.59 Å². The number of carbonyl (C=O) groups excluding carboxylic acids is 1. The normalized spacial score (nSPS) is 9.76. The fraction of sp³-hybridized carbons (Fsp3) is 0.273. The Kier molecular flexibility index (Phi) is 4.96. The standard InChI is InChI=1S/C11H13BrN2O3/c1-2-5-13-11(17)14-9-4-3-7(10(15)16)6-8(9)12/h3-4,6H,2,5H2,1H3,(H,15,16)(H2,13,14,17). The largest absolute Gasteiger partial charge is 0.478 e. The van der Waals surface area contributed by atoms with Crippen molar-refractivity contribution in [1.82, 2.24) is 5.32 Å². The molecule has 92 valence electrons. The zero-order valence-corrected chi connectivity index (χ0v) is 10.9. The highest BCUT2D eigenvalue weighted by Crippen LogP contribution is 2.23. The molecule has 0 fully saturated rings. The van der Waals surface area contributed by atoms with Gasteiger partial charge in [0.05, 0.1) is 11.3 Å². The number of anilines is 1. The molecule has 0 spiro atoms. The predicted molar refractivity (Wildman–Crippen MR) is 68.4 cm³/mol. The Bertz CT molecular complexity index is 435. The van der Waals surface area contributed by atoms with Crippen molar-refractivity contribution in [3.63, 3.8) is 0 Å². The Morgan fingerprint density at radius 1 is 1.41 bits per heavy atom. The van der Waals surface area contributed by atoms with Gasteiger partial charge >= 0.3 is 12.0 Å². The van der Waals surface area contributed by atoms with E-state index >= 15 is 0 Å². The van der Waals surface area contributed by atoms with Crippen molar-refractivity contribution in [3.8, 4) is 0 Å². The van der Waals surface area contributed by atoms with Crippen molar-refractivity contribution in [2.75, 3.05) is 11.9 Å². The number of carbonyl (C=O) groups is 2. The van der Waals surface area contributed by atoms with Crippen LogP contribution in [0.2, 0.25) is 0 Å². The fourth-order valence-electron chi connectivity index (χ4n) is 1.15. The van der Waals surface area contributed by atoms with Crippen LogP contribution in [0, 0.1) is 0 Å². The minimum absolute atomic E-state index is 0.163. The van der Waals surface area contributed by atoms with Crippen molar-refractivity contribution in [3.05, 3.63) is 28.2 Å². The fourth-order valence-corrected chi connectivity index (χ4v) is 1.63. The highest BCUT2D eigenvalue weighted by atomic mass is 79.9. The van der Waals surface area contributed by atoms with Crippen LogP contribution in [0.25, 0.3) is 0 Å². The lowest BCUT2D eigenvalue weighted by molar-refractivity contribution is 0.0697. The van der Waals surface area contributed by atoms with E-state index in [2.05, 4.69) is 26.6 Å². The molecule has 0 saturated heterocycles. The zero-order chi connectivity index (χ0) is 12.8. The van der Waals surface area contributed by atoms with Crippen molar-refractivity contribution < 1.29 is 14.7 Å². The summed E-state index contributed by atoms with van der Waals surface area (Å²) in [5.74, 6) is -1.01. The molecular weight excluding hydrogens is 288 g/mol. The lowest BCUT2D eigenvalue weighted by Gasteiger charge is -2.08. The summed E-state index contributed by atoms with van der Waals surface area (Å²) in [5, 5.41) is 14.1. The molecule has 0 aliphatic carbocycles. The van der Waals surface area contributed by atoms with Crippen molar-refractivity contribution in [2.24, 2.45) is 0 Å². The topological polar surface area (TPSA) is 78.4 Å². The first-order valence-corrected chi connectivity index (χ1v) is 5.91. The van der Waals surface area contributed by atoms with E-state index in [0.29, 0.717) is 16.7 Å². The smallest absolute Gasteiger partial charge is 0.335 e. The summed E-state index contributed by atoms with van der Waals surface area (Å²) in [4.78, 5) is 22.1. The third kappa shape index (κ3) is 4.07. The molecule has 0 radical (unpaired) electrons. The van der Waals surface area contributed by atoms with Gasteiger partial charge in [0.2, 0.25) is 0 Å². The molecule has 0 saturated carbocycles. The summed E-state index contributed by atoms with van der Waals surface area (Å²) in [6, 6.07) is 4.11. The SMILES string of the molecule is CCCNC(=O)Nc1ccc(C(=O)O)cc1Br. The molecule has 0 aliphatic heterocycles. The second kappa shape index (κ2) is 6.24. The van der Waals surface area contributed by atoms with E-state index in [1.54, 1.807) is 6.07 Å². The minimum Gasteiger partial charge on any atom is -0.478 e. The van der Waals surface area contributed by atoms with Gasteiger partial charge in [0.15, 0.2) is 0 Å². The van der Waals surface area contributed by atoms with Crippen LogP contribution in [-0.4, -0.2) is 23.7 Å². The number of hydrogen-bond donors (Lipinski definition) is 3. The number of hydrogen-bond acceptors (Lipinski definition) is 2. The van der Waals surface area contributed by atoms with Crippen LogP contribution in [0.4, 0.5) is 10.5 Å². The summed E-state index contributed by atoms with van der Waals surface area (Å²) >= 11 is 3.21. The van der Waals surface area contributed by atoms with Crippen LogP contribution in [0.5, 0.6) is 0 Å². The lowest BCUT2D eigenvalue weighted by Crippen LogP contribution is -2.29. The monoisotopic (exact) mass is 300 g/mol. The van der Waals surface area contributed by atoms with Gasteiger partial charge < -0.3 is 15.7 Å². The summed E-state index contributed by atoms with van der Waals surface area (Å²) in [7, 11) is 0. The first kappa shape index (κ1) is 13.5. The predicted octanol–water partition coefficient (Wildman–Crippen LogP) is 2.68. The van der Waals surface area contributed by atoms with Crippen LogP contribution in [0.15, 0.2) is 22.7 Å². The average Bonchev–Trinajstić information content (AvgIpc) is 2.28. The number of benzene rings is 1. The molecule has 1 aromatic carbocycles. The van der Waals surface area contributed by atoms with Gasteiger partial charge in [-0.2, -0.15) is 0 Å². The van der Waals surface area contributed by atoms with E-state index in [1.165, 1.54) is 12.1 Å². The van der Waals surface area contributed by atoms with Crippen molar-refractivity contribution in [2.45, 2.75) is 13.3 Å². The molecule has 5 nitrogen and oxygen atoms in total. The van der Waals surface area contributed by atoms with Gasteiger partial charge in [-0.15, -0.1) is 0 Å². The maximum atomic E-state index is 11.4. The number of urea groups is 1. The number of rotatable bonds is 4. The number of halogens is 1. The Balaban J connectivity index is 2.72. The molecular formula is C11H13BrN2O3. The second-order valence-electron chi connectivity index (χ2n) is 3.38. The molecule has 0 aliphatic rings. The number of carboxylic acid groups (broad SMARTS) is 1. The lowest BCUT2D eigenvalue weighted by atomic mass is 10.2. The van der Waals surface area contributed by atoms with E-state index in [-0.39, 0.29) is 11.6 Å². The third-order valence-corrected chi connectivity index (χ3v) is 2.66. The molecule has 1 aromatic rings. The summed E-state index contributed by atoms with van der Waals surface area (Å²) in [6.07, 6.45) is 0.854. The molecule has 6 heteroatoms. The molecule has 0 aromatic heterocycles. The molecule has 2 amide bonds. The summed E-state index contributed by atoms with van der Waals surface area (Å²) in [6.45, 7) is 2.55. The highest BCUT2D eigenvalue weighted by molar-refractivity contribution is 9.10. The Morgan fingerprint density at radius 3 is 2.65 bits per heavy atom. The van der Waals surface area contributed by atoms with Crippen LogP contribution >= 0.6 is 15.9 Å². The summed E-state index contributed by atoms with van der Waals surface area (Å²) in [5.41, 5.74) is 0.694. The number of amides is 2. The molecule has 0 unspecified atom stereocenters. The molecule has 0 atom stereocenters. The van der Waals surface area contributed by atoms with Crippen molar-refractivity contribution in [1.29, 1.82) is 0 Å². The minimum atomic E-state index is -1.01. The molecule has 3 N–H and O–H groups in total. The maximum absolute atomic E-state index is 11.4. The maximum Gasteiger partial charge on any atom is 0.335 e. The van der Waals surface area contributed by atoms with Gasteiger partial charge in [-0.3, -0.25) is 0 Å².